The lowest BCUT2D eigenvalue weighted by Crippen LogP contribution is -2.50. The van der Waals surface area contributed by atoms with Crippen molar-refractivity contribution < 1.29 is 19.5 Å². The van der Waals surface area contributed by atoms with Crippen LogP contribution in [0.25, 0.3) is 0 Å². The van der Waals surface area contributed by atoms with Crippen LogP contribution in [-0.4, -0.2) is 92.8 Å². The van der Waals surface area contributed by atoms with Crippen molar-refractivity contribution in [3.8, 4) is 0 Å². The van der Waals surface area contributed by atoms with E-state index in [0.717, 1.165) is 4.90 Å². The van der Waals surface area contributed by atoms with Gasteiger partial charge in [0.25, 0.3) is 17.7 Å². The first kappa shape index (κ1) is 26.1. The number of carbonyl (C=O) groups is 3. The fourth-order valence-corrected chi connectivity index (χ4v) is 5.14. The van der Waals surface area contributed by atoms with Crippen LogP contribution in [0, 0.1) is 0 Å². The number of aromatic nitrogens is 2. The van der Waals surface area contributed by atoms with E-state index in [1.165, 1.54) is 12.1 Å². The summed E-state index contributed by atoms with van der Waals surface area (Å²) in [5, 5.41) is 13.9. The lowest BCUT2D eigenvalue weighted by molar-refractivity contribution is -0.112. The summed E-state index contributed by atoms with van der Waals surface area (Å²) in [4.78, 5) is 53.4. The SMILES string of the molecule is O=C(Nc1cccc2c1C(=O)N(CC(O)CN1CCN(c3ncccn3)CC1)C2=O)C1=CC(Cl)=CCC1=S. The van der Waals surface area contributed by atoms with Crippen LogP contribution >= 0.6 is 23.8 Å². The quantitative estimate of drug-likeness (QED) is 0.393. The number of piperazine rings is 1. The topological polar surface area (TPSA) is 119 Å². The molecular weight excluding hydrogens is 528 g/mol. The molecule has 1 aromatic heterocycles. The van der Waals surface area contributed by atoms with E-state index < -0.39 is 23.8 Å². The number of thiocarbonyl (C=S) groups is 1. The Hall–Kier alpha value is -3.51. The van der Waals surface area contributed by atoms with Crippen LogP contribution in [0.1, 0.15) is 27.1 Å². The van der Waals surface area contributed by atoms with E-state index >= 15 is 0 Å². The summed E-state index contributed by atoms with van der Waals surface area (Å²) in [5.74, 6) is -0.912. The van der Waals surface area contributed by atoms with Crippen LogP contribution in [0.2, 0.25) is 0 Å². The molecule has 1 unspecified atom stereocenters. The molecule has 3 heterocycles. The number of fused-ring (bicyclic) bond motifs is 1. The van der Waals surface area contributed by atoms with Crippen LogP contribution in [0.3, 0.4) is 0 Å². The summed E-state index contributed by atoms with van der Waals surface area (Å²) in [7, 11) is 0. The second-order valence-electron chi connectivity index (χ2n) is 9.17. The number of hydrogen-bond donors (Lipinski definition) is 2. The standard InChI is InChI=1S/C26H25ClN6O4S/c27-16-5-6-21(38)19(13-16)23(35)30-20-4-1-3-18-22(20)25(37)33(24(18)36)15-17(34)14-31-9-11-32(12-10-31)26-28-7-2-8-29-26/h1-5,7-8,13,17,34H,6,9-12,14-15H2,(H,30,35). The highest BCUT2D eigenvalue weighted by Crippen LogP contribution is 2.30. The number of rotatable bonds is 7. The van der Waals surface area contributed by atoms with Gasteiger partial charge < -0.3 is 15.3 Å². The fraction of sp³-hybridized carbons (Fsp3) is 0.308. The van der Waals surface area contributed by atoms with Crippen molar-refractivity contribution in [2.24, 2.45) is 0 Å². The van der Waals surface area contributed by atoms with Gasteiger partial charge in [-0.05, 0) is 24.3 Å². The van der Waals surface area contributed by atoms with Crippen LogP contribution in [-0.2, 0) is 4.79 Å². The average Bonchev–Trinajstić information content (AvgIpc) is 3.16. The van der Waals surface area contributed by atoms with E-state index in [1.807, 2.05) is 0 Å². The first-order chi connectivity index (χ1) is 18.3. The van der Waals surface area contributed by atoms with Gasteiger partial charge in [-0.3, -0.25) is 24.2 Å². The summed E-state index contributed by atoms with van der Waals surface area (Å²) in [5.41, 5.74) is 0.720. The molecule has 2 aliphatic heterocycles. The Kier molecular flexibility index (Phi) is 7.61. The number of hydrogen-bond acceptors (Lipinski definition) is 9. The zero-order valence-electron chi connectivity index (χ0n) is 20.3. The first-order valence-corrected chi connectivity index (χ1v) is 12.9. The molecule has 0 bridgehead atoms. The summed E-state index contributed by atoms with van der Waals surface area (Å²) in [6.45, 7) is 2.92. The molecule has 12 heteroatoms. The van der Waals surface area contributed by atoms with E-state index in [0.29, 0.717) is 55.0 Å². The van der Waals surface area contributed by atoms with E-state index in [9.17, 15) is 19.5 Å². The molecule has 1 saturated heterocycles. The molecule has 38 heavy (non-hydrogen) atoms. The van der Waals surface area contributed by atoms with Crippen molar-refractivity contribution >= 4 is 58.0 Å². The lowest BCUT2D eigenvalue weighted by atomic mass is 10.0. The molecule has 0 radical (unpaired) electrons. The van der Waals surface area contributed by atoms with E-state index in [4.69, 9.17) is 23.8 Å². The van der Waals surface area contributed by atoms with Crippen LogP contribution < -0.4 is 10.2 Å². The average molecular weight is 553 g/mol. The monoisotopic (exact) mass is 552 g/mol. The zero-order chi connectivity index (χ0) is 26.8. The number of amides is 3. The number of carbonyl (C=O) groups excluding carboxylic acids is 3. The Morgan fingerprint density at radius 2 is 1.82 bits per heavy atom. The summed E-state index contributed by atoms with van der Waals surface area (Å²) in [6, 6.07) is 6.45. The van der Waals surface area contributed by atoms with Gasteiger partial charge in [0.05, 0.1) is 35.0 Å². The van der Waals surface area contributed by atoms with Gasteiger partial charge in [0.15, 0.2) is 0 Å². The Morgan fingerprint density at radius 3 is 2.55 bits per heavy atom. The summed E-state index contributed by atoms with van der Waals surface area (Å²) >= 11 is 11.3. The van der Waals surface area contributed by atoms with Crippen molar-refractivity contribution in [1.29, 1.82) is 0 Å². The van der Waals surface area contributed by atoms with Crippen LogP contribution in [0.5, 0.6) is 0 Å². The van der Waals surface area contributed by atoms with E-state index in [2.05, 4.69) is 25.1 Å². The molecule has 1 aliphatic carbocycles. The highest BCUT2D eigenvalue weighted by atomic mass is 35.5. The van der Waals surface area contributed by atoms with Gasteiger partial charge in [-0.2, -0.15) is 0 Å². The molecule has 1 atom stereocenters. The highest BCUT2D eigenvalue weighted by Gasteiger charge is 2.39. The van der Waals surface area contributed by atoms with Gasteiger partial charge >= 0.3 is 0 Å². The molecule has 1 aromatic carbocycles. The van der Waals surface area contributed by atoms with Crippen LogP contribution in [0.4, 0.5) is 11.6 Å². The number of imide groups is 1. The minimum absolute atomic E-state index is 0.0958. The molecule has 2 N–H and O–H groups in total. The zero-order valence-corrected chi connectivity index (χ0v) is 21.9. The van der Waals surface area contributed by atoms with Crippen molar-refractivity contribution in [2.75, 3.05) is 49.5 Å². The predicted molar refractivity (Wildman–Crippen MR) is 146 cm³/mol. The van der Waals surface area contributed by atoms with E-state index in [1.54, 1.807) is 36.7 Å². The Labute approximate surface area is 229 Å². The normalized spacial score (nSPS) is 18.7. The molecule has 10 nitrogen and oxygen atoms in total. The smallest absolute Gasteiger partial charge is 0.263 e. The van der Waals surface area contributed by atoms with Gasteiger partial charge in [0, 0.05) is 61.4 Å². The molecule has 3 amide bonds. The van der Waals surface area contributed by atoms with Crippen molar-refractivity contribution in [3.63, 3.8) is 0 Å². The van der Waals surface area contributed by atoms with Crippen LogP contribution in [0.15, 0.2) is 59.4 Å². The molecule has 5 rings (SSSR count). The van der Waals surface area contributed by atoms with E-state index in [-0.39, 0.29) is 28.9 Å². The summed E-state index contributed by atoms with van der Waals surface area (Å²) in [6.07, 6.45) is 6.03. The number of allylic oxidation sites excluding steroid dienone is 3. The second kappa shape index (κ2) is 11.1. The maximum Gasteiger partial charge on any atom is 0.263 e. The molecule has 0 saturated carbocycles. The number of halogens is 1. The minimum atomic E-state index is -0.937. The van der Waals surface area contributed by atoms with Crippen molar-refractivity contribution in [3.05, 3.63) is 70.5 Å². The Balaban J connectivity index is 1.22. The number of benzene rings is 1. The van der Waals surface area contributed by atoms with Crippen molar-refractivity contribution in [2.45, 2.75) is 12.5 Å². The molecule has 3 aliphatic rings. The summed E-state index contributed by atoms with van der Waals surface area (Å²) < 4.78 is 0. The number of nitrogens with zero attached hydrogens (tertiary/aromatic N) is 5. The molecule has 196 valence electrons. The molecule has 2 aromatic rings. The second-order valence-corrected chi connectivity index (χ2v) is 10.1. The Morgan fingerprint density at radius 1 is 1.08 bits per heavy atom. The fourth-order valence-electron chi connectivity index (χ4n) is 4.71. The highest BCUT2D eigenvalue weighted by molar-refractivity contribution is 7.81. The third kappa shape index (κ3) is 5.37. The molecular formula is C26H25ClN6O4S. The van der Waals surface area contributed by atoms with Gasteiger partial charge in [0.1, 0.15) is 0 Å². The van der Waals surface area contributed by atoms with Gasteiger partial charge in [-0.15, -0.1) is 0 Å². The minimum Gasteiger partial charge on any atom is -0.390 e. The number of nitrogens with one attached hydrogen (secondary N) is 1. The third-order valence-corrected chi connectivity index (χ3v) is 7.28. The largest absolute Gasteiger partial charge is 0.390 e. The molecule has 1 fully saturated rings. The first-order valence-electron chi connectivity index (χ1n) is 12.2. The number of β-amino-alcohol motifs (C(OH)–C–C–N with tert-alkyl or cyclic N) is 1. The maximum atomic E-state index is 13.3. The third-order valence-electron chi connectivity index (χ3n) is 6.63. The van der Waals surface area contributed by atoms with Gasteiger partial charge in [0.2, 0.25) is 5.95 Å². The van der Waals surface area contributed by atoms with Crippen molar-refractivity contribution in [1.82, 2.24) is 19.8 Å². The van der Waals surface area contributed by atoms with Gasteiger partial charge in [-0.1, -0.05) is 36.0 Å². The number of aliphatic hydroxyl groups is 1. The predicted octanol–water partition coefficient (Wildman–Crippen LogP) is 2.02. The lowest BCUT2D eigenvalue weighted by Gasteiger charge is -2.35. The maximum absolute atomic E-state index is 13.3. The Bertz CT molecular complexity index is 1360. The molecule has 0 spiro atoms. The number of anilines is 2. The number of aliphatic hydroxyl groups excluding tert-OH is 1. The van der Waals surface area contributed by atoms with Gasteiger partial charge in [-0.25, -0.2) is 9.97 Å².